The molecule has 1 rings (SSSR count). The smallest absolute Gasteiger partial charge is 0.410 e. The van der Waals surface area contributed by atoms with Gasteiger partial charge in [-0.2, -0.15) is 0 Å². The van der Waals surface area contributed by atoms with Crippen molar-refractivity contribution in [2.24, 2.45) is 5.73 Å². The molecule has 124 valence electrons. The molecule has 1 aromatic rings. The molecule has 1 amide bonds. The predicted octanol–water partition coefficient (Wildman–Crippen LogP) is 3.47. The molecule has 0 aliphatic carbocycles. The summed E-state index contributed by atoms with van der Waals surface area (Å²) in [4.78, 5) is 13.7. The molecule has 0 spiro atoms. The number of nitrogens with two attached hydrogens (primary N) is 1. The highest BCUT2D eigenvalue weighted by atomic mass is 35.5. The van der Waals surface area contributed by atoms with E-state index in [9.17, 15) is 4.79 Å². The summed E-state index contributed by atoms with van der Waals surface area (Å²) < 4.78 is 5.38. The second kappa shape index (κ2) is 8.25. The number of nitrogens with zero attached hydrogens (tertiary/aromatic N) is 1. The van der Waals surface area contributed by atoms with E-state index in [4.69, 9.17) is 22.1 Å². The molecule has 1 aromatic carbocycles. The van der Waals surface area contributed by atoms with E-state index in [1.54, 1.807) is 4.90 Å². The average Bonchev–Trinajstić information content (AvgIpc) is 2.41. The molecule has 0 bridgehead atoms. The van der Waals surface area contributed by atoms with Gasteiger partial charge in [0.1, 0.15) is 5.60 Å². The van der Waals surface area contributed by atoms with Crippen molar-refractivity contribution in [2.75, 3.05) is 25.0 Å². The summed E-state index contributed by atoms with van der Waals surface area (Å²) in [5, 5.41) is 3.93. The molecule has 3 N–H and O–H groups in total. The van der Waals surface area contributed by atoms with E-state index in [0.717, 1.165) is 11.3 Å². The van der Waals surface area contributed by atoms with Crippen LogP contribution in [0, 0.1) is 0 Å². The second-order valence-corrected chi connectivity index (χ2v) is 6.43. The third-order valence-corrected chi connectivity index (χ3v) is 3.26. The van der Waals surface area contributed by atoms with Gasteiger partial charge in [0, 0.05) is 36.9 Å². The first-order valence-electron chi connectivity index (χ1n) is 7.47. The van der Waals surface area contributed by atoms with Crippen LogP contribution in [0.1, 0.15) is 33.3 Å². The van der Waals surface area contributed by atoms with Crippen molar-refractivity contribution in [3.8, 4) is 0 Å². The van der Waals surface area contributed by atoms with Crippen LogP contribution in [0.2, 0.25) is 5.02 Å². The predicted molar refractivity (Wildman–Crippen MR) is 91.3 cm³/mol. The maximum Gasteiger partial charge on any atom is 0.410 e. The number of nitrogens with one attached hydrogen (secondary N) is 1. The van der Waals surface area contributed by atoms with E-state index in [1.165, 1.54) is 0 Å². The Morgan fingerprint density at radius 3 is 2.64 bits per heavy atom. The van der Waals surface area contributed by atoms with E-state index in [2.05, 4.69) is 5.32 Å². The number of anilines is 1. The number of carbonyl (C=O) groups is 1. The van der Waals surface area contributed by atoms with Gasteiger partial charge in [-0.3, -0.25) is 0 Å². The highest BCUT2D eigenvalue weighted by molar-refractivity contribution is 6.30. The summed E-state index contributed by atoms with van der Waals surface area (Å²) in [6.07, 6.45) is -0.304. The molecule has 0 saturated heterocycles. The number of hydrogen-bond donors (Lipinski definition) is 2. The Morgan fingerprint density at radius 2 is 2.09 bits per heavy atom. The molecule has 0 aromatic heterocycles. The number of likely N-dealkylation sites (N-methyl/N-ethyl adjacent to an activating group) is 1. The Bertz CT molecular complexity index is 501. The Kier molecular flexibility index (Phi) is 6.97. The van der Waals surface area contributed by atoms with Crippen molar-refractivity contribution in [3.63, 3.8) is 0 Å². The summed E-state index contributed by atoms with van der Waals surface area (Å²) in [6.45, 7) is 9.67. The molecule has 0 heterocycles. The van der Waals surface area contributed by atoms with Crippen LogP contribution in [0.3, 0.4) is 0 Å². The fraction of sp³-hybridized carbons (Fsp3) is 0.562. The van der Waals surface area contributed by atoms with Gasteiger partial charge in [-0.05, 0) is 45.4 Å². The molecule has 5 nitrogen and oxygen atoms in total. The third-order valence-electron chi connectivity index (χ3n) is 3.02. The lowest BCUT2D eigenvalue weighted by Crippen LogP contribution is -2.39. The molecule has 6 heteroatoms. The Balaban J connectivity index is 2.58. The first-order valence-corrected chi connectivity index (χ1v) is 7.85. The van der Waals surface area contributed by atoms with Gasteiger partial charge in [-0.15, -0.1) is 0 Å². The minimum atomic E-state index is -0.488. The van der Waals surface area contributed by atoms with Crippen molar-refractivity contribution < 1.29 is 9.53 Å². The summed E-state index contributed by atoms with van der Waals surface area (Å²) in [7, 11) is 0. The summed E-state index contributed by atoms with van der Waals surface area (Å²) in [5.41, 5.74) is 7.11. The highest BCUT2D eigenvalue weighted by Gasteiger charge is 2.20. The third kappa shape index (κ3) is 6.12. The van der Waals surface area contributed by atoms with Crippen molar-refractivity contribution in [1.82, 2.24) is 4.90 Å². The molecule has 22 heavy (non-hydrogen) atoms. The van der Waals surface area contributed by atoms with Crippen molar-refractivity contribution >= 4 is 23.4 Å². The fourth-order valence-corrected chi connectivity index (χ4v) is 2.09. The largest absolute Gasteiger partial charge is 0.444 e. The summed E-state index contributed by atoms with van der Waals surface area (Å²) in [5.74, 6) is 0. The monoisotopic (exact) mass is 327 g/mol. The zero-order chi connectivity index (χ0) is 16.8. The molecule has 0 aliphatic rings. The molecule has 0 radical (unpaired) electrons. The Hall–Kier alpha value is -1.46. The fourth-order valence-electron chi connectivity index (χ4n) is 1.92. The van der Waals surface area contributed by atoms with Crippen molar-refractivity contribution in [3.05, 3.63) is 28.8 Å². The van der Waals surface area contributed by atoms with Gasteiger partial charge in [0.15, 0.2) is 0 Å². The van der Waals surface area contributed by atoms with Gasteiger partial charge in [-0.25, -0.2) is 4.79 Å². The Labute approximate surface area is 137 Å². The van der Waals surface area contributed by atoms with Gasteiger partial charge in [0.05, 0.1) is 0 Å². The molecule has 0 saturated carbocycles. The minimum Gasteiger partial charge on any atom is -0.444 e. The van der Waals surface area contributed by atoms with Crippen LogP contribution in [-0.2, 0) is 11.3 Å². The van der Waals surface area contributed by atoms with Crippen LogP contribution in [0.4, 0.5) is 10.5 Å². The maximum absolute atomic E-state index is 12.0. The van der Waals surface area contributed by atoms with Crippen LogP contribution < -0.4 is 11.1 Å². The van der Waals surface area contributed by atoms with Gasteiger partial charge in [0.25, 0.3) is 0 Å². The van der Waals surface area contributed by atoms with Crippen LogP contribution in [0.5, 0.6) is 0 Å². The van der Waals surface area contributed by atoms with E-state index >= 15 is 0 Å². The van der Waals surface area contributed by atoms with Gasteiger partial charge in [0.2, 0.25) is 0 Å². The first kappa shape index (κ1) is 18.6. The lowest BCUT2D eigenvalue weighted by atomic mass is 10.2. The molecular formula is C16H26ClN3O2. The topological polar surface area (TPSA) is 67.6 Å². The summed E-state index contributed by atoms with van der Waals surface area (Å²) >= 11 is 6.00. The number of carbonyl (C=O) groups excluding carboxylic acids is 1. The highest BCUT2D eigenvalue weighted by Crippen LogP contribution is 2.20. The quantitative estimate of drug-likeness (QED) is 0.839. The van der Waals surface area contributed by atoms with E-state index in [0.29, 0.717) is 31.2 Å². The molecular weight excluding hydrogens is 302 g/mol. The van der Waals surface area contributed by atoms with Gasteiger partial charge in [-0.1, -0.05) is 17.7 Å². The Morgan fingerprint density at radius 1 is 1.41 bits per heavy atom. The van der Waals surface area contributed by atoms with Gasteiger partial charge < -0.3 is 20.7 Å². The van der Waals surface area contributed by atoms with Crippen LogP contribution in [0.15, 0.2) is 18.2 Å². The number of rotatable bonds is 6. The molecule has 0 atom stereocenters. The molecule has 0 unspecified atom stereocenters. The number of ether oxygens (including phenoxy) is 1. The maximum atomic E-state index is 12.0. The number of halogens is 1. The minimum absolute atomic E-state index is 0.304. The number of amides is 1. The van der Waals surface area contributed by atoms with E-state index in [1.807, 2.05) is 45.9 Å². The zero-order valence-corrected chi connectivity index (χ0v) is 14.5. The molecule has 0 aliphatic heterocycles. The van der Waals surface area contributed by atoms with E-state index in [-0.39, 0.29) is 6.09 Å². The normalized spacial score (nSPS) is 11.2. The number of hydrogen-bond acceptors (Lipinski definition) is 4. The van der Waals surface area contributed by atoms with Crippen LogP contribution in [-0.4, -0.2) is 36.2 Å². The average molecular weight is 328 g/mol. The lowest BCUT2D eigenvalue weighted by Gasteiger charge is -2.26. The van der Waals surface area contributed by atoms with Crippen molar-refractivity contribution in [2.45, 2.75) is 39.8 Å². The SMILES string of the molecule is CCN(CCNc1cc(Cl)ccc1CN)C(=O)OC(C)(C)C. The van der Waals surface area contributed by atoms with Crippen LogP contribution in [0.25, 0.3) is 0 Å². The number of benzene rings is 1. The second-order valence-electron chi connectivity index (χ2n) is 5.99. The van der Waals surface area contributed by atoms with Gasteiger partial charge >= 0.3 is 6.09 Å². The van der Waals surface area contributed by atoms with Crippen LogP contribution >= 0.6 is 11.6 Å². The lowest BCUT2D eigenvalue weighted by molar-refractivity contribution is 0.0267. The van der Waals surface area contributed by atoms with Crippen molar-refractivity contribution in [1.29, 1.82) is 0 Å². The zero-order valence-electron chi connectivity index (χ0n) is 13.8. The summed E-state index contributed by atoms with van der Waals surface area (Å²) in [6, 6.07) is 5.55. The first-order chi connectivity index (χ1) is 10.3. The molecule has 0 fully saturated rings. The van der Waals surface area contributed by atoms with E-state index < -0.39 is 5.60 Å². The standard InChI is InChI=1S/C16H26ClN3O2/c1-5-20(15(21)22-16(2,3)4)9-8-19-14-10-13(17)7-6-12(14)11-18/h6-7,10,19H,5,8-9,11,18H2,1-4H3.